The second-order valence-corrected chi connectivity index (χ2v) is 6.47. The molecule has 0 atom stereocenters. The molecule has 0 aliphatic heterocycles. The van der Waals surface area contributed by atoms with E-state index in [-0.39, 0.29) is 5.82 Å². The van der Waals surface area contributed by atoms with Crippen molar-refractivity contribution >= 4 is 12.4 Å². The summed E-state index contributed by atoms with van der Waals surface area (Å²) in [5.41, 5.74) is 0.767. The van der Waals surface area contributed by atoms with Crippen molar-refractivity contribution in [3.8, 4) is 0 Å². The monoisotopic (exact) mass is 186 g/mol. The van der Waals surface area contributed by atoms with Crippen molar-refractivity contribution < 1.29 is 8.96 Å². The van der Waals surface area contributed by atoms with E-state index >= 15 is 0 Å². The molecule has 0 saturated carbocycles. The lowest BCUT2D eigenvalue weighted by Gasteiger charge is -2.09. The number of hydrogen-bond acceptors (Lipinski definition) is 1. The summed E-state index contributed by atoms with van der Waals surface area (Å²) in [6.07, 6.45) is 0. The summed E-state index contributed by atoms with van der Waals surface area (Å²) in [4.78, 5) is 0. The van der Waals surface area contributed by atoms with Crippen molar-refractivity contribution in [2.24, 2.45) is 0 Å². The van der Waals surface area contributed by atoms with Gasteiger partial charge in [0.2, 0.25) is 0 Å². The topological polar surface area (TPSA) is 17.1 Å². The molecule has 3 heteroatoms. The van der Waals surface area contributed by atoms with Gasteiger partial charge in [-0.15, -0.1) is 0 Å². The molecule has 1 aromatic carbocycles. The Hall–Kier alpha value is -0.620. The standard InChI is InChI=1S/C9H12FOP/c1-7-6-8(10)4-5-9(7)12(2,3)11/h4-6H,1-3H3. The molecule has 0 aliphatic rings. The molecule has 0 bridgehead atoms. The highest BCUT2D eigenvalue weighted by molar-refractivity contribution is 7.70. The van der Waals surface area contributed by atoms with Gasteiger partial charge in [-0.3, -0.25) is 0 Å². The summed E-state index contributed by atoms with van der Waals surface area (Å²) >= 11 is 0. The minimum atomic E-state index is -2.24. The van der Waals surface area contributed by atoms with E-state index in [4.69, 9.17) is 0 Å². The predicted octanol–water partition coefficient (Wildman–Crippen LogP) is 2.38. The van der Waals surface area contributed by atoms with E-state index in [1.807, 2.05) is 0 Å². The molecule has 0 amide bonds. The second kappa shape index (κ2) is 3.02. The molecule has 66 valence electrons. The quantitative estimate of drug-likeness (QED) is 0.615. The van der Waals surface area contributed by atoms with Crippen LogP contribution in [0.1, 0.15) is 5.56 Å². The third-order valence-electron chi connectivity index (χ3n) is 1.74. The Labute approximate surface area is 72.0 Å². The summed E-state index contributed by atoms with van der Waals surface area (Å²) in [7, 11) is -2.24. The van der Waals surface area contributed by atoms with Gasteiger partial charge in [-0.1, -0.05) is 0 Å². The molecule has 0 saturated heterocycles. The maximum Gasteiger partial charge on any atom is 0.123 e. The Morgan fingerprint density at radius 1 is 1.33 bits per heavy atom. The average Bonchev–Trinajstić information content (AvgIpc) is 1.83. The Morgan fingerprint density at radius 3 is 2.33 bits per heavy atom. The van der Waals surface area contributed by atoms with E-state index in [2.05, 4.69) is 0 Å². The van der Waals surface area contributed by atoms with Crippen LogP contribution in [-0.4, -0.2) is 13.3 Å². The summed E-state index contributed by atoms with van der Waals surface area (Å²) in [6.45, 7) is 5.15. The first-order chi connectivity index (χ1) is 5.41. The van der Waals surface area contributed by atoms with Crippen molar-refractivity contribution in [3.63, 3.8) is 0 Å². The maximum absolute atomic E-state index is 12.6. The first-order valence-electron chi connectivity index (χ1n) is 3.73. The molecule has 1 aromatic rings. The molecule has 1 nitrogen and oxygen atoms in total. The summed E-state index contributed by atoms with van der Waals surface area (Å²) in [5, 5.41) is 0.768. The lowest BCUT2D eigenvalue weighted by molar-refractivity contribution is 0.588. The second-order valence-electron chi connectivity index (χ2n) is 3.28. The lowest BCUT2D eigenvalue weighted by Crippen LogP contribution is -2.07. The third-order valence-corrected chi connectivity index (χ3v) is 3.40. The van der Waals surface area contributed by atoms with Crippen LogP contribution in [-0.2, 0) is 4.57 Å². The number of rotatable bonds is 1. The van der Waals surface area contributed by atoms with Gasteiger partial charge >= 0.3 is 0 Å². The van der Waals surface area contributed by atoms with Gasteiger partial charge in [0, 0.05) is 5.30 Å². The van der Waals surface area contributed by atoms with Crippen LogP contribution in [0.5, 0.6) is 0 Å². The van der Waals surface area contributed by atoms with E-state index in [1.54, 1.807) is 26.3 Å². The van der Waals surface area contributed by atoms with E-state index in [1.165, 1.54) is 12.1 Å². The van der Waals surface area contributed by atoms with Crippen molar-refractivity contribution in [2.75, 3.05) is 13.3 Å². The molecular formula is C9H12FOP. The highest BCUT2D eigenvalue weighted by Crippen LogP contribution is 2.35. The molecular weight excluding hydrogens is 174 g/mol. The zero-order chi connectivity index (χ0) is 9.35. The van der Waals surface area contributed by atoms with Crippen molar-refractivity contribution in [1.29, 1.82) is 0 Å². The largest absolute Gasteiger partial charge is 0.319 e. The SMILES string of the molecule is Cc1cc(F)ccc1P(C)(C)=O. The summed E-state index contributed by atoms with van der Waals surface area (Å²) in [6, 6.07) is 4.36. The van der Waals surface area contributed by atoms with Crippen molar-refractivity contribution in [1.82, 2.24) is 0 Å². The average molecular weight is 186 g/mol. The number of benzene rings is 1. The molecule has 0 spiro atoms. The summed E-state index contributed by atoms with van der Waals surface area (Å²) < 4.78 is 24.3. The smallest absolute Gasteiger partial charge is 0.123 e. The fraction of sp³-hybridized carbons (Fsp3) is 0.333. The Bertz CT molecular complexity index is 340. The fourth-order valence-corrected chi connectivity index (χ4v) is 2.57. The zero-order valence-electron chi connectivity index (χ0n) is 7.47. The number of halogens is 1. The van der Waals surface area contributed by atoms with Gasteiger partial charge < -0.3 is 4.57 Å². The molecule has 0 aliphatic carbocycles. The van der Waals surface area contributed by atoms with Gasteiger partial charge in [-0.25, -0.2) is 4.39 Å². The number of hydrogen-bond donors (Lipinski definition) is 0. The zero-order valence-corrected chi connectivity index (χ0v) is 8.36. The van der Waals surface area contributed by atoms with Crippen LogP contribution in [0.25, 0.3) is 0 Å². The van der Waals surface area contributed by atoms with Gasteiger partial charge in [0.25, 0.3) is 0 Å². The highest BCUT2D eigenvalue weighted by Gasteiger charge is 2.13. The Morgan fingerprint density at radius 2 is 1.92 bits per heavy atom. The van der Waals surface area contributed by atoms with Crippen LogP contribution in [0.3, 0.4) is 0 Å². The molecule has 0 N–H and O–H groups in total. The van der Waals surface area contributed by atoms with Crippen LogP contribution in [0.15, 0.2) is 18.2 Å². The third kappa shape index (κ3) is 1.95. The minimum absolute atomic E-state index is 0.273. The lowest BCUT2D eigenvalue weighted by atomic mass is 10.2. The molecule has 0 fully saturated rings. The predicted molar refractivity (Wildman–Crippen MR) is 50.2 cm³/mol. The van der Waals surface area contributed by atoms with Crippen LogP contribution >= 0.6 is 7.14 Å². The van der Waals surface area contributed by atoms with E-state index in [9.17, 15) is 8.96 Å². The molecule has 1 rings (SSSR count). The first kappa shape index (κ1) is 9.47. The first-order valence-corrected chi connectivity index (χ1v) is 6.33. The van der Waals surface area contributed by atoms with Crippen LogP contribution < -0.4 is 5.30 Å². The van der Waals surface area contributed by atoms with Gasteiger partial charge in [0.1, 0.15) is 13.0 Å². The minimum Gasteiger partial charge on any atom is -0.319 e. The molecule has 0 heterocycles. The molecule has 0 aromatic heterocycles. The van der Waals surface area contributed by atoms with Crippen molar-refractivity contribution in [3.05, 3.63) is 29.6 Å². The Kier molecular flexibility index (Phi) is 2.39. The Balaban J connectivity index is 3.28. The normalized spacial score (nSPS) is 11.7. The van der Waals surface area contributed by atoms with E-state index in [0.717, 1.165) is 10.9 Å². The van der Waals surface area contributed by atoms with Crippen LogP contribution in [0.4, 0.5) is 4.39 Å². The van der Waals surface area contributed by atoms with Gasteiger partial charge in [0.05, 0.1) is 0 Å². The van der Waals surface area contributed by atoms with Crippen LogP contribution in [0.2, 0.25) is 0 Å². The number of aryl methyl sites for hydroxylation is 1. The molecule has 0 radical (unpaired) electrons. The van der Waals surface area contributed by atoms with Gasteiger partial charge in [-0.2, -0.15) is 0 Å². The van der Waals surface area contributed by atoms with Crippen LogP contribution in [0, 0.1) is 12.7 Å². The highest BCUT2D eigenvalue weighted by atomic mass is 31.2. The fourth-order valence-electron chi connectivity index (χ4n) is 1.22. The maximum atomic E-state index is 12.6. The van der Waals surface area contributed by atoms with Crippen molar-refractivity contribution in [2.45, 2.75) is 6.92 Å². The van der Waals surface area contributed by atoms with E-state index < -0.39 is 7.14 Å². The molecule has 12 heavy (non-hydrogen) atoms. The van der Waals surface area contributed by atoms with Gasteiger partial charge in [-0.05, 0) is 44.0 Å². The summed E-state index contributed by atoms with van der Waals surface area (Å²) in [5.74, 6) is -0.273. The van der Waals surface area contributed by atoms with Gasteiger partial charge in [0.15, 0.2) is 0 Å². The van der Waals surface area contributed by atoms with E-state index in [0.29, 0.717) is 0 Å². The molecule has 0 unspecified atom stereocenters.